The monoisotopic (exact) mass is 366 g/mol. The minimum Gasteiger partial charge on any atom is -0.481 e. The van der Waals surface area contributed by atoms with E-state index in [2.05, 4.69) is 0 Å². The Balaban J connectivity index is 4.11. The maximum absolute atomic E-state index is 11.9. The molecule has 0 saturated heterocycles. The number of unbranched alkanes of at least 4 members (excludes halogenated alkanes) is 3. The molecule has 0 aliphatic heterocycles. The van der Waals surface area contributed by atoms with Crippen LogP contribution in [0.5, 0.6) is 0 Å². The third-order valence-corrected chi connectivity index (χ3v) is 6.29. The molecule has 0 aliphatic carbocycles. The van der Waals surface area contributed by atoms with Gasteiger partial charge in [0.25, 0.3) is 0 Å². The van der Waals surface area contributed by atoms with Gasteiger partial charge < -0.3 is 19.9 Å². The maximum Gasteiger partial charge on any atom is 0.331 e. The molecule has 2 atom stereocenters. The standard InChI is InChI=1S/C15H27O6PS/c1-11(2)15(20)22(21)9-12(14(18)19)7-5-3-4-6-8-23-10-13(16)17/h7,11,15,20,22H,3-6,8-10H2,1-2H3,(H,16,17)(H,18,19)/b12-7+. The third kappa shape index (κ3) is 11.4. The quantitative estimate of drug-likeness (QED) is 0.261. The van der Waals surface area contributed by atoms with Gasteiger partial charge in [-0.05, 0) is 30.9 Å². The van der Waals surface area contributed by atoms with Crippen LogP contribution in [0.15, 0.2) is 11.6 Å². The predicted octanol–water partition coefficient (Wildman–Crippen LogP) is 2.91. The number of aliphatic carboxylic acids is 2. The number of aliphatic hydroxyl groups is 1. The highest BCUT2D eigenvalue weighted by Gasteiger charge is 2.20. The summed E-state index contributed by atoms with van der Waals surface area (Å²) in [5.41, 5.74) is 0.105. The van der Waals surface area contributed by atoms with E-state index in [1.54, 1.807) is 19.9 Å². The van der Waals surface area contributed by atoms with Crippen LogP contribution in [0, 0.1) is 5.92 Å². The Labute approximate surface area is 142 Å². The second-order valence-electron chi connectivity index (χ2n) is 5.66. The molecule has 23 heavy (non-hydrogen) atoms. The Morgan fingerprint density at radius 2 is 1.83 bits per heavy atom. The Morgan fingerprint density at radius 3 is 2.35 bits per heavy atom. The number of aliphatic hydroxyl groups excluding tert-OH is 1. The van der Waals surface area contributed by atoms with E-state index in [9.17, 15) is 19.3 Å². The van der Waals surface area contributed by atoms with Gasteiger partial charge in [0, 0.05) is 11.7 Å². The van der Waals surface area contributed by atoms with E-state index in [0.29, 0.717) is 6.42 Å². The Kier molecular flexibility index (Phi) is 12.2. The first kappa shape index (κ1) is 22.2. The van der Waals surface area contributed by atoms with E-state index in [0.717, 1.165) is 25.0 Å². The molecule has 0 aromatic carbocycles. The molecular formula is C15H27O6PS. The Hall–Kier alpha value is -0.780. The minimum absolute atomic E-state index is 0.0756. The smallest absolute Gasteiger partial charge is 0.331 e. The summed E-state index contributed by atoms with van der Waals surface area (Å²) in [5.74, 6) is -2.13. The summed E-state index contributed by atoms with van der Waals surface area (Å²) < 4.78 is 11.9. The first-order valence-corrected chi connectivity index (χ1v) is 10.5. The lowest BCUT2D eigenvalue weighted by Gasteiger charge is -2.14. The number of allylic oxidation sites excluding steroid dienone is 1. The molecular weight excluding hydrogens is 339 g/mol. The second kappa shape index (κ2) is 12.6. The highest BCUT2D eigenvalue weighted by Crippen LogP contribution is 2.33. The SMILES string of the molecule is CC(C)C(O)[PH](=O)C/C(=C\CCCCCSCC(=O)O)C(=O)O. The molecule has 0 spiro atoms. The van der Waals surface area contributed by atoms with Crippen molar-refractivity contribution in [1.29, 1.82) is 0 Å². The van der Waals surface area contributed by atoms with Crippen LogP contribution >= 0.6 is 19.6 Å². The highest BCUT2D eigenvalue weighted by atomic mass is 32.2. The number of rotatable bonds is 13. The predicted molar refractivity (Wildman–Crippen MR) is 93.9 cm³/mol. The first-order chi connectivity index (χ1) is 10.8. The molecule has 0 fully saturated rings. The fraction of sp³-hybridized carbons (Fsp3) is 0.733. The fourth-order valence-corrected chi connectivity index (χ4v) is 4.21. The van der Waals surface area contributed by atoms with E-state index in [1.165, 1.54) is 11.8 Å². The van der Waals surface area contributed by atoms with Gasteiger partial charge in [-0.15, -0.1) is 0 Å². The molecule has 0 heterocycles. The molecule has 6 nitrogen and oxygen atoms in total. The number of hydrogen-bond acceptors (Lipinski definition) is 5. The molecule has 0 amide bonds. The molecule has 0 aromatic rings. The largest absolute Gasteiger partial charge is 0.481 e. The number of carbonyl (C=O) groups is 2. The van der Waals surface area contributed by atoms with Gasteiger partial charge in [0.15, 0.2) is 0 Å². The number of thioether (sulfide) groups is 1. The molecule has 3 N–H and O–H groups in total. The van der Waals surface area contributed by atoms with Crippen LogP contribution in [0.2, 0.25) is 0 Å². The zero-order chi connectivity index (χ0) is 17.8. The van der Waals surface area contributed by atoms with Gasteiger partial charge in [-0.25, -0.2) is 4.79 Å². The van der Waals surface area contributed by atoms with E-state index in [-0.39, 0.29) is 23.4 Å². The molecule has 0 saturated carbocycles. The van der Waals surface area contributed by atoms with E-state index >= 15 is 0 Å². The Bertz CT molecular complexity index is 436. The zero-order valence-electron chi connectivity index (χ0n) is 13.7. The van der Waals surface area contributed by atoms with Crippen molar-refractivity contribution < 1.29 is 29.5 Å². The topological polar surface area (TPSA) is 112 Å². The van der Waals surface area contributed by atoms with E-state index < -0.39 is 25.6 Å². The van der Waals surface area contributed by atoms with Gasteiger partial charge >= 0.3 is 11.9 Å². The van der Waals surface area contributed by atoms with Gasteiger partial charge in [0.2, 0.25) is 0 Å². The van der Waals surface area contributed by atoms with Crippen molar-refractivity contribution in [3.8, 4) is 0 Å². The first-order valence-electron chi connectivity index (χ1n) is 7.68. The summed E-state index contributed by atoms with van der Waals surface area (Å²) in [6.07, 6.45) is 4.67. The van der Waals surface area contributed by atoms with Crippen molar-refractivity contribution in [2.75, 3.05) is 17.7 Å². The van der Waals surface area contributed by atoms with Crippen LogP contribution in [0.3, 0.4) is 0 Å². The minimum atomic E-state index is -2.37. The average molecular weight is 366 g/mol. The average Bonchev–Trinajstić information content (AvgIpc) is 2.46. The third-order valence-electron chi connectivity index (χ3n) is 3.21. The summed E-state index contributed by atoms with van der Waals surface area (Å²) in [5, 5.41) is 27.3. The fourth-order valence-electron chi connectivity index (χ4n) is 1.86. The molecule has 0 aliphatic rings. The van der Waals surface area contributed by atoms with Crippen LogP contribution in [0.25, 0.3) is 0 Å². The molecule has 0 bridgehead atoms. The maximum atomic E-state index is 11.9. The van der Waals surface area contributed by atoms with E-state index in [1.807, 2.05) is 0 Å². The van der Waals surface area contributed by atoms with Crippen molar-refractivity contribution in [2.45, 2.75) is 45.4 Å². The Morgan fingerprint density at radius 1 is 1.17 bits per heavy atom. The van der Waals surface area contributed by atoms with Crippen molar-refractivity contribution in [3.63, 3.8) is 0 Å². The van der Waals surface area contributed by atoms with Crippen molar-refractivity contribution >= 4 is 31.5 Å². The highest BCUT2D eigenvalue weighted by molar-refractivity contribution is 7.99. The van der Waals surface area contributed by atoms with Gasteiger partial charge in [0.05, 0.1) is 5.75 Å². The van der Waals surface area contributed by atoms with Gasteiger partial charge in [0.1, 0.15) is 13.6 Å². The molecule has 134 valence electrons. The summed E-state index contributed by atoms with van der Waals surface area (Å²) in [6.45, 7) is 3.50. The lowest BCUT2D eigenvalue weighted by molar-refractivity contribution is -0.134. The van der Waals surface area contributed by atoms with Gasteiger partial charge in [-0.3, -0.25) is 4.79 Å². The summed E-state index contributed by atoms with van der Waals surface area (Å²) >= 11 is 1.37. The van der Waals surface area contributed by atoms with Crippen LogP contribution < -0.4 is 0 Å². The summed E-state index contributed by atoms with van der Waals surface area (Å²) in [6, 6.07) is 0. The second-order valence-corrected chi connectivity index (χ2v) is 8.65. The van der Waals surface area contributed by atoms with Crippen molar-refractivity contribution in [2.24, 2.45) is 5.92 Å². The summed E-state index contributed by atoms with van der Waals surface area (Å²) in [4.78, 5) is 21.5. The van der Waals surface area contributed by atoms with E-state index in [4.69, 9.17) is 10.2 Å². The number of hydrogen-bond donors (Lipinski definition) is 3. The van der Waals surface area contributed by atoms with Crippen molar-refractivity contribution in [3.05, 3.63) is 11.6 Å². The van der Waals surface area contributed by atoms with Crippen LogP contribution in [0.1, 0.15) is 39.5 Å². The lowest BCUT2D eigenvalue weighted by Crippen LogP contribution is -2.13. The molecule has 0 radical (unpaired) electrons. The number of carboxylic acid groups (broad SMARTS) is 2. The molecule has 0 aromatic heterocycles. The summed E-state index contributed by atoms with van der Waals surface area (Å²) in [7, 11) is -2.37. The molecule has 2 unspecified atom stereocenters. The van der Waals surface area contributed by atoms with Crippen LogP contribution in [-0.4, -0.2) is 50.8 Å². The normalized spacial score (nSPS) is 14.7. The molecule has 0 rings (SSSR count). The molecule has 8 heteroatoms. The van der Waals surface area contributed by atoms with Gasteiger partial charge in [-0.2, -0.15) is 11.8 Å². The van der Waals surface area contributed by atoms with Crippen LogP contribution in [-0.2, 0) is 14.2 Å². The zero-order valence-corrected chi connectivity index (χ0v) is 15.5. The van der Waals surface area contributed by atoms with Gasteiger partial charge in [-0.1, -0.05) is 26.3 Å². The number of carboxylic acids is 2. The lowest BCUT2D eigenvalue weighted by atomic mass is 10.1. The van der Waals surface area contributed by atoms with Crippen LogP contribution in [0.4, 0.5) is 0 Å². The van der Waals surface area contributed by atoms with Crippen molar-refractivity contribution in [1.82, 2.24) is 0 Å².